The fraction of sp³-hybridized carbons (Fsp3) is 0.188. The number of hydrogen-bond donors (Lipinski definition) is 0. The van der Waals surface area contributed by atoms with Gasteiger partial charge in [0.05, 0.1) is 6.61 Å². The van der Waals surface area contributed by atoms with E-state index in [9.17, 15) is 4.79 Å². The zero-order chi connectivity index (χ0) is 13.4. The second-order valence-electron chi connectivity index (χ2n) is 4.42. The Morgan fingerprint density at radius 3 is 2.68 bits per heavy atom. The van der Waals surface area contributed by atoms with E-state index in [1.165, 1.54) is 0 Å². The molecule has 0 saturated heterocycles. The van der Waals surface area contributed by atoms with Crippen molar-refractivity contribution in [2.24, 2.45) is 0 Å². The van der Waals surface area contributed by atoms with Crippen molar-refractivity contribution in [3.05, 3.63) is 52.2 Å². The van der Waals surface area contributed by atoms with Crippen LogP contribution in [0.15, 0.2) is 41.2 Å². The largest absolute Gasteiger partial charge is 0.494 e. The molecule has 0 fully saturated rings. The molecule has 0 radical (unpaired) electrons. The van der Waals surface area contributed by atoms with E-state index in [0.29, 0.717) is 6.61 Å². The highest BCUT2D eigenvalue weighted by Gasteiger charge is 2.11. The Hall–Kier alpha value is -1.87. The number of hydrogen-bond acceptors (Lipinski definition) is 3. The molecule has 0 aliphatic heterocycles. The number of rotatable bonds is 2. The van der Waals surface area contributed by atoms with Gasteiger partial charge in [0.25, 0.3) is 0 Å². The molecular weight excluding hydrogens is 256 g/mol. The van der Waals surface area contributed by atoms with Crippen LogP contribution in [-0.4, -0.2) is 6.61 Å². The molecule has 0 saturated carbocycles. The van der Waals surface area contributed by atoms with Gasteiger partial charge in [0, 0.05) is 25.7 Å². The van der Waals surface area contributed by atoms with Crippen molar-refractivity contribution in [3.63, 3.8) is 0 Å². The van der Waals surface area contributed by atoms with Crippen LogP contribution in [0, 0.1) is 6.92 Å². The third kappa shape index (κ3) is 1.90. The van der Waals surface area contributed by atoms with Crippen LogP contribution >= 0.6 is 11.3 Å². The fourth-order valence-electron chi connectivity index (χ4n) is 2.34. The van der Waals surface area contributed by atoms with Gasteiger partial charge in [0.15, 0.2) is 5.43 Å². The lowest BCUT2D eigenvalue weighted by molar-refractivity contribution is 0.338. The summed E-state index contributed by atoms with van der Waals surface area (Å²) in [5, 5.41) is 1.58. The van der Waals surface area contributed by atoms with Gasteiger partial charge >= 0.3 is 0 Å². The van der Waals surface area contributed by atoms with Crippen LogP contribution in [0.2, 0.25) is 0 Å². The normalized spacial score (nSPS) is 11.1. The standard InChI is InChI=1S/C16H14O2S/c1-3-18-12-8-9-14-15(10(12)2)16(17)11-6-4-5-7-13(11)19-14/h4-9H,3H2,1-2H3. The molecule has 2 aromatic carbocycles. The van der Waals surface area contributed by atoms with E-state index in [-0.39, 0.29) is 5.43 Å². The van der Waals surface area contributed by atoms with E-state index < -0.39 is 0 Å². The zero-order valence-corrected chi connectivity index (χ0v) is 11.7. The SMILES string of the molecule is CCOc1ccc2sc3ccccc3c(=O)c2c1C. The average molecular weight is 270 g/mol. The molecule has 1 heterocycles. The maximum atomic E-state index is 12.6. The van der Waals surface area contributed by atoms with Gasteiger partial charge in [0.1, 0.15) is 5.75 Å². The van der Waals surface area contributed by atoms with Gasteiger partial charge in [-0.05, 0) is 38.1 Å². The summed E-state index contributed by atoms with van der Waals surface area (Å²) >= 11 is 1.65. The van der Waals surface area contributed by atoms with E-state index in [0.717, 1.165) is 31.5 Å². The van der Waals surface area contributed by atoms with Gasteiger partial charge in [-0.25, -0.2) is 0 Å². The van der Waals surface area contributed by atoms with Crippen LogP contribution in [0.1, 0.15) is 12.5 Å². The topological polar surface area (TPSA) is 26.3 Å². The minimum atomic E-state index is 0.100. The molecule has 96 valence electrons. The fourth-order valence-corrected chi connectivity index (χ4v) is 3.48. The van der Waals surface area contributed by atoms with Crippen LogP contribution in [0.3, 0.4) is 0 Å². The summed E-state index contributed by atoms with van der Waals surface area (Å²) in [5.41, 5.74) is 1.04. The molecule has 19 heavy (non-hydrogen) atoms. The predicted molar refractivity (Wildman–Crippen MR) is 81.5 cm³/mol. The van der Waals surface area contributed by atoms with Crippen molar-refractivity contribution in [2.75, 3.05) is 6.61 Å². The maximum Gasteiger partial charge on any atom is 0.196 e. The molecule has 1 aromatic heterocycles. The van der Waals surface area contributed by atoms with E-state index in [2.05, 4.69) is 0 Å². The molecule has 0 bridgehead atoms. The lowest BCUT2D eigenvalue weighted by atomic mass is 10.1. The van der Waals surface area contributed by atoms with Crippen LogP contribution in [-0.2, 0) is 0 Å². The molecule has 2 nitrogen and oxygen atoms in total. The molecular formula is C16H14O2S. The Bertz CT molecular complexity index is 818. The third-order valence-electron chi connectivity index (χ3n) is 3.26. The highest BCUT2D eigenvalue weighted by molar-refractivity contribution is 7.24. The first-order chi connectivity index (χ1) is 9.22. The highest BCUT2D eigenvalue weighted by atomic mass is 32.1. The van der Waals surface area contributed by atoms with Gasteiger partial charge in [-0.2, -0.15) is 0 Å². The monoisotopic (exact) mass is 270 g/mol. The summed E-state index contributed by atoms with van der Waals surface area (Å²) in [6, 6.07) is 11.7. The van der Waals surface area contributed by atoms with Crippen LogP contribution < -0.4 is 10.2 Å². The Balaban J connectivity index is 2.46. The molecule has 0 N–H and O–H groups in total. The molecule has 0 aliphatic carbocycles. The third-order valence-corrected chi connectivity index (χ3v) is 4.39. The van der Waals surface area contributed by atoms with Crippen LogP contribution in [0.5, 0.6) is 5.75 Å². The number of benzene rings is 2. The molecule has 0 atom stereocenters. The van der Waals surface area contributed by atoms with Crippen molar-refractivity contribution >= 4 is 31.5 Å². The summed E-state index contributed by atoms with van der Waals surface area (Å²) in [5.74, 6) is 0.801. The van der Waals surface area contributed by atoms with Gasteiger partial charge in [0.2, 0.25) is 0 Å². The first-order valence-corrected chi connectivity index (χ1v) is 7.12. The van der Waals surface area contributed by atoms with Crippen molar-refractivity contribution in [1.29, 1.82) is 0 Å². The number of aryl methyl sites for hydroxylation is 1. The summed E-state index contributed by atoms with van der Waals surface area (Å²) in [6.07, 6.45) is 0. The van der Waals surface area contributed by atoms with Crippen LogP contribution in [0.25, 0.3) is 20.2 Å². The Labute approximate surface area is 115 Å². The Morgan fingerprint density at radius 2 is 1.89 bits per heavy atom. The second kappa shape index (κ2) is 4.67. The highest BCUT2D eigenvalue weighted by Crippen LogP contribution is 2.30. The summed E-state index contributed by atoms with van der Waals surface area (Å²) in [7, 11) is 0. The summed E-state index contributed by atoms with van der Waals surface area (Å²) in [6.45, 7) is 4.51. The molecule has 0 spiro atoms. The maximum absolute atomic E-state index is 12.6. The lowest BCUT2D eigenvalue weighted by Gasteiger charge is -2.09. The molecule has 3 rings (SSSR count). The minimum Gasteiger partial charge on any atom is -0.494 e. The molecule has 3 aromatic rings. The van der Waals surface area contributed by atoms with E-state index >= 15 is 0 Å². The van der Waals surface area contributed by atoms with Crippen molar-refractivity contribution in [3.8, 4) is 5.75 Å². The van der Waals surface area contributed by atoms with Gasteiger partial charge in [-0.1, -0.05) is 12.1 Å². The van der Waals surface area contributed by atoms with Crippen LogP contribution in [0.4, 0.5) is 0 Å². The van der Waals surface area contributed by atoms with Gasteiger partial charge in [-0.3, -0.25) is 4.79 Å². The Morgan fingerprint density at radius 1 is 1.11 bits per heavy atom. The quantitative estimate of drug-likeness (QED) is 0.655. The summed E-state index contributed by atoms with van der Waals surface area (Å²) < 4.78 is 7.63. The summed E-state index contributed by atoms with van der Waals surface area (Å²) in [4.78, 5) is 12.6. The second-order valence-corrected chi connectivity index (χ2v) is 5.51. The van der Waals surface area contributed by atoms with E-state index in [1.807, 2.05) is 50.2 Å². The van der Waals surface area contributed by atoms with Crippen molar-refractivity contribution < 1.29 is 4.74 Å². The van der Waals surface area contributed by atoms with Crippen molar-refractivity contribution in [2.45, 2.75) is 13.8 Å². The number of fused-ring (bicyclic) bond motifs is 2. The molecule has 0 aliphatic rings. The predicted octanol–water partition coefficient (Wildman–Crippen LogP) is 4.12. The van der Waals surface area contributed by atoms with E-state index in [4.69, 9.17) is 4.74 Å². The molecule has 0 unspecified atom stereocenters. The lowest BCUT2D eigenvalue weighted by Crippen LogP contribution is -2.04. The minimum absolute atomic E-state index is 0.100. The first kappa shape index (κ1) is 12.2. The zero-order valence-electron chi connectivity index (χ0n) is 10.9. The molecule has 3 heteroatoms. The van der Waals surface area contributed by atoms with Gasteiger partial charge < -0.3 is 4.74 Å². The first-order valence-electron chi connectivity index (χ1n) is 6.30. The molecule has 0 amide bonds. The van der Waals surface area contributed by atoms with Gasteiger partial charge in [-0.15, -0.1) is 11.3 Å². The smallest absolute Gasteiger partial charge is 0.196 e. The Kier molecular flexibility index (Phi) is 2.99. The number of ether oxygens (including phenoxy) is 1. The van der Waals surface area contributed by atoms with E-state index in [1.54, 1.807) is 11.3 Å². The van der Waals surface area contributed by atoms with Crippen molar-refractivity contribution in [1.82, 2.24) is 0 Å². The average Bonchev–Trinajstić information content (AvgIpc) is 2.42.